The zero-order valence-corrected chi connectivity index (χ0v) is 29.3. The maximum absolute atomic E-state index is 13.8. The van der Waals surface area contributed by atoms with E-state index in [0.29, 0.717) is 36.7 Å². The van der Waals surface area contributed by atoms with Gasteiger partial charge in [-0.3, -0.25) is 9.59 Å². The van der Waals surface area contributed by atoms with E-state index in [1.54, 1.807) is 13.2 Å². The second-order valence-electron chi connectivity index (χ2n) is 17.2. The van der Waals surface area contributed by atoms with E-state index in [4.69, 9.17) is 9.47 Å². The second kappa shape index (κ2) is 11.8. The summed E-state index contributed by atoms with van der Waals surface area (Å²) in [7, 11) is 1.56. The third-order valence-corrected chi connectivity index (χ3v) is 15.0. The van der Waals surface area contributed by atoms with Gasteiger partial charge in [0.1, 0.15) is 0 Å². The highest BCUT2D eigenvalue weighted by Gasteiger charge is 2.72. The van der Waals surface area contributed by atoms with Crippen molar-refractivity contribution in [3.05, 3.63) is 42.0 Å². The number of nitrogens with one attached hydrogen (secondary N) is 1. The van der Waals surface area contributed by atoms with Gasteiger partial charge in [0, 0.05) is 18.0 Å². The molecule has 6 heteroatoms. The van der Waals surface area contributed by atoms with Crippen molar-refractivity contribution in [3.8, 4) is 0 Å². The van der Waals surface area contributed by atoms with Gasteiger partial charge in [0.05, 0.1) is 19.1 Å². The molecule has 1 aliphatic heterocycles. The summed E-state index contributed by atoms with van der Waals surface area (Å²) in [4.78, 5) is 39.4. The summed E-state index contributed by atoms with van der Waals surface area (Å²) in [6.07, 6.45) is 13.1. The molecule has 1 aromatic rings. The third kappa shape index (κ3) is 5.07. The molecule has 252 valence electrons. The Kier molecular flexibility index (Phi) is 8.54. The quantitative estimate of drug-likeness (QED) is 0.254. The summed E-state index contributed by atoms with van der Waals surface area (Å²) in [5.41, 5.74) is 0.586. The zero-order valence-electron chi connectivity index (χ0n) is 29.3. The number of esters is 2. The fourth-order valence-corrected chi connectivity index (χ4v) is 12.7. The number of hydrogen-bond acceptors (Lipinski definition) is 5. The first kappa shape index (κ1) is 33.3. The molecule has 4 aliphatic carbocycles. The van der Waals surface area contributed by atoms with Gasteiger partial charge in [-0.25, -0.2) is 4.79 Å². The molecule has 5 aliphatic rings. The molecule has 1 unspecified atom stereocenters. The molecule has 0 bridgehead atoms. The lowest BCUT2D eigenvalue weighted by molar-refractivity contribution is -0.229. The van der Waals surface area contributed by atoms with E-state index in [0.717, 1.165) is 63.4 Å². The largest absolute Gasteiger partial charge is 0.469 e. The van der Waals surface area contributed by atoms with Crippen molar-refractivity contribution < 1.29 is 23.9 Å². The van der Waals surface area contributed by atoms with Crippen molar-refractivity contribution in [2.45, 2.75) is 111 Å². The van der Waals surface area contributed by atoms with Crippen LogP contribution in [0.25, 0.3) is 6.08 Å². The molecule has 1 amide bonds. The van der Waals surface area contributed by atoms with Gasteiger partial charge in [0.25, 0.3) is 0 Å². The third-order valence-electron chi connectivity index (χ3n) is 15.0. The summed E-state index contributed by atoms with van der Waals surface area (Å²) < 4.78 is 11.4. The van der Waals surface area contributed by atoms with Crippen LogP contribution in [0.5, 0.6) is 0 Å². The SMILES string of the molecule is COC(=O)[C@]12CC[C@@H](C(C)COC(=O)/C=C/c3ccccc3)[C@@H]1[C@H]1CC[C@@H]3[C@@]4(C)CCC(=O)NC(C)(C)[C@@H]4CC[C@@]3(C)[C@]1(C)CC2. The average Bonchev–Trinajstić information content (AvgIpc) is 3.39. The first-order valence-electron chi connectivity index (χ1n) is 18.0. The number of amides is 1. The molecule has 0 spiro atoms. The number of carbonyl (C=O) groups is 3. The minimum atomic E-state index is -0.458. The fraction of sp³-hybridized carbons (Fsp3) is 0.725. The Bertz CT molecular complexity index is 1370. The van der Waals surface area contributed by atoms with Crippen LogP contribution in [0, 0.1) is 57.2 Å². The Morgan fingerprint density at radius 2 is 1.65 bits per heavy atom. The van der Waals surface area contributed by atoms with Crippen LogP contribution in [-0.4, -0.2) is 37.1 Å². The Morgan fingerprint density at radius 1 is 0.913 bits per heavy atom. The van der Waals surface area contributed by atoms with E-state index < -0.39 is 5.41 Å². The van der Waals surface area contributed by atoms with Gasteiger partial charge in [0.2, 0.25) is 5.91 Å². The Morgan fingerprint density at radius 3 is 2.37 bits per heavy atom. The number of fused-ring (bicyclic) bond motifs is 7. The van der Waals surface area contributed by atoms with E-state index in [2.05, 4.69) is 46.9 Å². The van der Waals surface area contributed by atoms with E-state index >= 15 is 0 Å². The van der Waals surface area contributed by atoms with Gasteiger partial charge in [0.15, 0.2) is 0 Å². The molecule has 46 heavy (non-hydrogen) atoms. The molecular formula is C40H57NO5. The molecule has 10 atom stereocenters. The Hall–Kier alpha value is -2.63. The van der Waals surface area contributed by atoms with Crippen molar-refractivity contribution in [1.29, 1.82) is 0 Å². The molecule has 1 saturated heterocycles. The summed E-state index contributed by atoms with van der Waals surface area (Å²) in [5.74, 6) is 1.88. The lowest BCUT2D eigenvalue weighted by atomic mass is 9.33. The van der Waals surface area contributed by atoms with Crippen LogP contribution in [0.1, 0.15) is 111 Å². The topological polar surface area (TPSA) is 81.7 Å². The number of rotatable bonds is 6. The standard InChI is InChI=1S/C40H57NO5/c1-26(25-46-33(43)16-13-27-11-9-8-10-12-27)28-17-22-40(35(44)45-7)24-23-38(5)29(34(28)40)14-15-31-37(4)20-19-32(42)41-36(2,3)30(37)18-21-39(31,38)6/h8-13,16,26,28-31,34H,14-15,17-25H2,1-7H3,(H,41,42)/b16-13+/t26?,28-,29+,30-,31+,34+,37-,38+,39+,40-/m0/s1. The first-order chi connectivity index (χ1) is 21.7. The molecule has 1 aromatic carbocycles. The van der Waals surface area contributed by atoms with Crippen molar-refractivity contribution in [1.82, 2.24) is 5.32 Å². The lowest BCUT2D eigenvalue weighted by Gasteiger charge is -2.71. The van der Waals surface area contributed by atoms with Crippen molar-refractivity contribution in [3.63, 3.8) is 0 Å². The van der Waals surface area contributed by atoms with Gasteiger partial charge >= 0.3 is 11.9 Å². The van der Waals surface area contributed by atoms with E-state index in [-0.39, 0.29) is 51.5 Å². The number of carbonyl (C=O) groups excluding carboxylic acids is 3. The van der Waals surface area contributed by atoms with Crippen LogP contribution < -0.4 is 5.32 Å². The predicted molar refractivity (Wildman–Crippen MR) is 180 cm³/mol. The minimum absolute atomic E-state index is 0.0323. The molecule has 6 nitrogen and oxygen atoms in total. The highest BCUT2D eigenvalue weighted by atomic mass is 16.5. The first-order valence-corrected chi connectivity index (χ1v) is 18.0. The molecule has 6 rings (SSSR count). The highest BCUT2D eigenvalue weighted by Crippen LogP contribution is 2.76. The molecule has 5 fully saturated rings. The predicted octanol–water partition coefficient (Wildman–Crippen LogP) is 8.00. The van der Waals surface area contributed by atoms with Crippen LogP contribution in [0.3, 0.4) is 0 Å². The normalized spacial score (nSPS) is 42.0. The zero-order chi connectivity index (χ0) is 33.1. The monoisotopic (exact) mass is 631 g/mol. The lowest BCUT2D eigenvalue weighted by Crippen LogP contribution is -2.66. The van der Waals surface area contributed by atoms with Crippen LogP contribution in [0.4, 0.5) is 0 Å². The summed E-state index contributed by atoms with van der Waals surface area (Å²) in [5, 5.41) is 3.39. The molecule has 4 saturated carbocycles. The van der Waals surface area contributed by atoms with E-state index in [1.165, 1.54) is 6.08 Å². The van der Waals surface area contributed by atoms with Crippen LogP contribution in [-0.2, 0) is 23.9 Å². The number of ether oxygens (including phenoxy) is 2. The summed E-state index contributed by atoms with van der Waals surface area (Å²) in [6, 6.07) is 9.79. The molecular weight excluding hydrogens is 574 g/mol. The van der Waals surface area contributed by atoms with Crippen LogP contribution in [0.2, 0.25) is 0 Å². The maximum atomic E-state index is 13.8. The average molecular weight is 632 g/mol. The molecule has 1 heterocycles. The van der Waals surface area contributed by atoms with Crippen molar-refractivity contribution in [2.24, 2.45) is 57.2 Å². The van der Waals surface area contributed by atoms with Gasteiger partial charge in [-0.15, -0.1) is 0 Å². The molecule has 1 N–H and O–H groups in total. The summed E-state index contributed by atoms with van der Waals surface area (Å²) >= 11 is 0. The van der Waals surface area contributed by atoms with Crippen LogP contribution >= 0.6 is 0 Å². The Labute approximate surface area is 276 Å². The highest BCUT2D eigenvalue weighted by molar-refractivity contribution is 5.87. The van der Waals surface area contributed by atoms with Gasteiger partial charge < -0.3 is 14.8 Å². The maximum Gasteiger partial charge on any atom is 0.330 e. The van der Waals surface area contributed by atoms with Crippen molar-refractivity contribution in [2.75, 3.05) is 13.7 Å². The fourth-order valence-electron chi connectivity index (χ4n) is 12.7. The second-order valence-corrected chi connectivity index (χ2v) is 17.2. The van der Waals surface area contributed by atoms with Gasteiger partial charge in [-0.1, -0.05) is 58.0 Å². The molecule has 0 aromatic heterocycles. The molecule has 0 radical (unpaired) electrons. The van der Waals surface area contributed by atoms with E-state index in [9.17, 15) is 14.4 Å². The number of hydrogen-bond donors (Lipinski definition) is 1. The summed E-state index contributed by atoms with van der Waals surface area (Å²) in [6.45, 7) is 14.7. The van der Waals surface area contributed by atoms with Crippen LogP contribution in [0.15, 0.2) is 36.4 Å². The smallest absolute Gasteiger partial charge is 0.330 e. The van der Waals surface area contributed by atoms with Gasteiger partial charge in [-0.05, 0) is 135 Å². The Balaban J connectivity index is 1.27. The van der Waals surface area contributed by atoms with Crippen molar-refractivity contribution >= 4 is 23.9 Å². The minimum Gasteiger partial charge on any atom is -0.469 e. The van der Waals surface area contributed by atoms with Gasteiger partial charge in [-0.2, -0.15) is 0 Å². The number of methoxy groups -OCH3 is 1. The van der Waals surface area contributed by atoms with E-state index in [1.807, 2.05) is 30.3 Å². The number of benzene rings is 1.